The quantitative estimate of drug-likeness (QED) is 0.724. The maximum absolute atomic E-state index is 10.7. The van der Waals surface area contributed by atoms with E-state index in [9.17, 15) is 4.79 Å². The van der Waals surface area contributed by atoms with Crippen molar-refractivity contribution in [2.75, 3.05) is 0 Å². The maximum Gasteiger partial charge on any atom is 0.244 e. The van der Waals surface area contributed by atoms with Gasteiger partial charge in [0.2, 0.25) is 5.91 Å². The summed E-state index contributed by atoms with van der Waals surface area (Å²) >= 11 is 0. The largest absolute Gasteiger partial charge is 0.366 e. The third kappa shape index (κ3) is 3.44. The molecule has 0 radical (unpaired) electrons. The highest BCUT2D eigenvalue weighted by molar-refractivity contribution is 5.91. The highest BCUT2D eigenvalue weighted by Crippen LogP contribution is 2.04. The van der Waals surface area contributed by atoms with Crippen LogP contribution in [-0.4, -0.2) is 5.91 Å². The van der Waals surface area contributed by atoms with E-state index in [2.05, 4.69) is 12.1 Å². The van der Waals surface area contributed by atoms with Gasteiger partial charge in [0, 0.05) is 5.57 Å². The summed E-state index contributed by atoms with van der Waals surface area (Å²) in [5.74, 6) is -0.335. The molecule has 2 heteroatoms. The Bertz CT molecular complexity index is 327. The van der Waals surface area contributed by atoms with Crippen LogP contribution in [0.1, 0.15) is 18.9 Å². The first-order valence-corrected chi connectivity index (χ1v) is 4.70. The van der Waals surface area contributed by atoms with Crippen molar-refractivity contribution < 1.29 is 4.79 Å². The van der Waals surface area contributed by atoms with E-state index >= 15 is 0 Å². The molecule has 0 fully saturated rings. The fourth-order valence-electron chi connectivity index (χ4n) is 1.20. The molecule has 1 aromatic rings. The van der Waals surface area contributed by atoms with Gasteiger partial charge in [0.1, 0.15) is 0 Å². The van der Waals surface area contributed by atoms with Crippen molar-refractivity contribution in [1.29, 1.82) is 0 Å². The van der Waals surface area contributed by atoms with Gasteiger partial charge in [0.05, 0.1) is 0 Å². The molecule has 0 aliphatic rings. The SMILES string of the molecule is CC(=CCCc1ccccc1)C(N)=O. The lowest BCUT2D eigenvalue weighted by Crippen LogP contribution is -2.11. The summed E-state index contributed by atoms with van der Waals surface area (Å²) in [6.07, 6.45) is 3.69. The summed E-state index contributed by atoms with van der Waals surface area (Å²) < 4.78 is 0. The summed E-state index contributed by atoms with van der Waals surface area (Å²) in [6, 6.07) is 10.2. The number of carbonyl (C=O) groups excluding carboxylic acids is 1. The molecule has 0 unspecified atom stereocenters. The highest BCUT2D eigenvalue weighted by atomic mass is 16.1. The van der Waals surface area contributed by atoms with E-state index in [0.717, 1.165) is 12.8 Å². The Morgan fingerprint density at radius 3 is 2.57 bits per heavy atom. The first-order valence-electron chi connectivity index (χ1n) is 4.70. The zero-order valence-corrected chi connectivity index (χ0v) is 8.36. The Labute approximate surface area is 84.4 Å². The van der Waals surface area contributed by atoms with Crippen LogP contribution in [0.25, 0.3) is 0 Å². The second-order valence-electron chi connectivity index (χ2n) is 3.28. The highest BCUT2D eigenvalue weighted by Gasteiger charge is 1.95. The zero-order valence-electron chi connectivity index (χ0n) is 8.36. The molecule has 2 N–H and O–H groups in total. The molecule has 0 bridgehead atoms. The van der Waals surface area contributed by atoms with Crippen LogP contribution in [0.4, 0.5) is 0 Å². The van der Waals surface area contributed by atoms with Gasteiger partial charge in [0.25, 0.3) is 0 Å². The second-order valence-corrected chi connectivity index (χ2v) is 3.28. The summed E-state index contributed by atoms with van der Waals surface area (Å²) in [5.41, 5.74) is 7.03. The molecule has 0 saturated carbocycles. The number of hydrogen-bond donors (Lipinski definition) is 1. The topological polar surface area (TPSA) is 43.1 Å². The van der Waals surface area contributed by atoms with Gasteiger partial charge in [-0.3, -0.25) is 4.79 Å². The molecule has 0 spiro atoms. The lowest BCUT2D eigenvalue weighted by atomic mass is 10.1. The Balaban J connectivity index is 2.43. The molecular weight excluding hydrogens is 174 g/mol. The lowest BCUT2D eigenvalue weighted by molar-refractivity contribution is -0.114. The van der Waals surface area contributed by atoms with Crippen molar-refractivity contribution in [1.82, 2.24) is 0 Å². The number of rotatable bonds is 4. The van der Waals surface area contributed by atoms with E-state index in [1.54, 1.807) is 6.92 Å². The van der Waals surface area contributed by atoms with E-state index in [4.69, 9.17) is 5.73 Å². The van der Waals surface area contributed by atoms with Crippen LogP contribution in [0.5, 0.6) is 0 Å². The van der Waals surface area contributed by atoms with Crippen LogP contribution in [0, 0.1) is 0 Å². The summed E-state index contributed by atoms with van der Waals surface area (Å²) in [7, 11) is 0. The number of benzene rings is 1. The predicted molar refractivity (Wildman–Crippen MR) is 57.7 cm³/mol. The molecule has 0 heterocycles. The number of amides is 1. The smallest absolute Gasteiger partial charge is 0.244 e. The lowest BCUT2D eigenvalue weighted by Gasteiger charge is -1.97. The summed E-state index contributed by atoms with van der Waals surface area (Å²) in [6.45, 7) is 1.74. The maximum atomic E-state index is 10.7. The molecule has 0 aliphatic carbocycles. The molecule has 1 aromatic carbocycles. The van der Waals surface area contributed by atoms with E-state index in [0.29, 0.717) is 5.57 Å². The molecular formula is C12H15NO. The van der Waals surface area contributed by atoms with Gasteiger partial charge in [-0.2, -0.15) is 0 Å². The molecule has 0 aromatic heterocycles. The van der Waals surface area contributed by atoms with Gasteiger partial charge >= 0.3 is 0 Å². The van der Waals surface area contributed by atoms with Crippen molar-refractivity contribution in [3.8, 4) is 0 Å². The van der Waals surface area contributed by atoms with Crippen LogP contribution in [0.3, 0.4) is 0 Å². The summed E-state index contributed by atoms with van der Waals surface area (Å²) in [4.78, 5) is 10.7. The van der Waals surface area contributed by atoms with E-state index in [-0.39, 0.29) is 5.91 Å². The normalized spacial score (nSPS) is 11.4. The van der Waals surface area contributed by atoms with Gasteiger partial charge in [-0.25, -0.2) is 0 Å². The fourth-order valence-corrected chi connectivity index (χ4v) is 1.20. The third-order valence-electron chi connectivity index (χ3n) is 2.12. The Morgan fingerprint density at radius 1 is 1.36 bits per heavy atom. The van der Waals surface area contributed by atoms with E-state index in [1.807, 2.05) is 24.3 Å². The molecule has 14 heavy (non-hydrogen) atoms. The van der Waals surface area contributed by atoms with E-state index < -0.39 is 0 Å². The van der Waals surface area contributed by atoms with Crippen molar-refractivity contribution >= 4 is 5.91 Å². The van der Waals surface area contributed by atoms with E-state index in [1.165, 1.54) is 5.56 Å². The Kier molecular flexibility index (Phi) is 3.92. The Morgan fingerprint density at radius 2 is 2.00 bits per heavy atom. The first-order chi connectivity index (χ1) is 6.70. The number of hydrogen-bond acceptors (Lipinski definition) is 1. The standard InChI is InChI=1S/C12H15NO/c1-10(12(13)14)6-5-9-11-7-3-2-4-8-11/h2-4,6-8H,5,9H2,1H3,(H2,13,14). The van der Waals surface area contributed by atoms with Gasteiger partial charge in [-0.15, -0.1) is 0 Å². The Hall–Kier alpha value is -1.57. The van der Waals surface area contributed by atoms with Gasteiger partial charge < -0.3 is 5.73 Å². The van der Waals surface area contributed by atoms with Crippen molar-refractivity contribution in [3.05, 3.63) is 47.5 Å². The molecule has 1 rings (SSSR count). The zero-order chi connectivity index (χ0) is 10.4. The van der Waals surface area contributed by atoms with Crippen molar-refractivity contribution in [3.63, 3.8) is 0 Å². The molecule has 0 aliphatic heterocycles. The minimum absolute atomic E-state index is 0.335. The van der Waals surface area contributed by atoms with Crippen LogP contribution < -0.4 is 5.73 Å². The minimum Gasteiger partial charge on any atom is -0.366 e. The summed E-state index contributed by atoms with van der Waals surface area (Å²) in [5, 5.41) is 0. The fraction of sp³-hybridized carbons (Fsp3) is 0.250. The van der Waals surface area contributed by atoms with Crippen LogP contribution in [0.15, 0.2) is 42.0 Å². The van der Waals surface area contributed by atoms with Gasteiger partial charge in [0.15, 0.2) is 0 Å². The first kappa shape index (κ1) is 10.5. The second kappa shape index (κ2) is 5.22. The number of nitrogens with two attached hydrogens (primary N) is 1. The molecule has 2 nitrogen and oxygen atoms in total. The molecule has 0 atom stereocenters. The average molecular weight is 189 g/mol. The molecule has 74 valence electrons. The van der Waals surface area contributed by atoms with Crippen molar-refractivity contribution in [2.45, 2.75) is 19.8 Å². The predicted octanol–water partition coefficient (Wildman–Crippen LogP) is 2.05. The van der Waals surface area contributed by atoms with Crippen molar-refractivity contribution in [2.24, 2.45) is 5.73 Å². The minimum atomic E-state index is -0.335. The van der Waals surface area contributed by atoms with Gasteiger partial charge in [-0.05, 0) is 25.3 Å². The van der Waals surface area contributed by atoms with Crippen LogP contribution in [-0.2, 0) is 11.2 Å². The third-order valence-corrected chi connectivity index (χ3v) is 2.12. The molecule has 0 saturated heterocycles. The number of primary amides is 1. The van der Waals surface area contributed by atoms with Crippen LogP contribution in [0.2, 0.25) is 0 Å². The average Bonchev–Trinajstić information content (AvgIpc) is 2.19. The number of allylic oxidation sites excluding steroid dienone is 1. The van der Waals surface area contributed by atoms with Gasteiger partial charge in [-0.1, -0.05) is 36.4 Å². The molecule has 1 amide bonds. The monoisotopic (exact) mass is 189 g/mol. The number of aryl methyl sites for hydroxylation is 1. The number of carbonyl (C=O) groups is 1. The van der Waals surface area contributed by atoms with Crippen LogP contribution >= 0.6 is 0 Å².